The van der Waals surface area contributed by atoms with Gasteiger partial charge in [-0.2, -0.15) is 4.57 Å². The molecule has 0 bridgehead atoms. The van der Waals surface area contributed by atoms with Crippen molar-refractivity contribution in [1.29, 1.82) is 0 Å². The normalized spacial score (nSPS) is 11.5. The lowest BCUT2D eigenvalue weighted by Gasteiger charge is -2.44. The van der Waals surface area contributed by atoms with Crippen LogP contribution in [-0.2, 0) is 13.0 Å². The quantitative estimate of drug-likeness (QED) is 0.0342. The number of pyridine rings is 1. The first-order valence-corrected chi connectivity index (χ1v) is 20.7. The van der Waals surface area contributed by atoms with Gasteiger partial charge in [-0.3, -0.25) is 9.59 Å². The molecule has 0 spiro atoms. The number of carbonyl (C=O) groups is 2. The van der Waals surface area contributed by atoms with Crippen LogP contribution in [0, 0.1) is 116 Å². The van der Waals surface area contributed by atoms with Crippen LogP contribution in [-0.4, -0.2) is 17.7 Å². The lowest BCUT2D eigenvalue weighted by atomic mass is 9.12. The Bertz CT molecular complexity index is 3260. The van der Waals surface area contributed by atoms with Gasteiger partial charge in [-0.05, 0) is 23.6 Å². The molecule has 0 aliphatic rings. The van der Waals surface area contributed by atoms with Crippen LogP contribution >= 0.6 is 11.6 Å². The number of hydrogen-bond donors (Lipinski definition) is 0. The molecular weight excluding hydrogens is 1060 g/mol. The highest BCUT2D eigenvalue weighted by molar-refractivity contribution is 7.20. The number of benzene rings is 7. The smallest absolute Gasteiger partial charge is 0.227 e. The van der Waals surface area contributed by atoms with Crippen molar-refractivity contribution < 1.29 is 102 Å². The van der Waals surface area contributed by atoms with Gasteiger partial charge in [0.25, 0.3) is 0 Å². The highest BCUT2D eigenvalue weighted by Crippen LogP contribution is 2.31. The van der Waals surface area contributed by atoms with E-state index < -0.39 is 144 Å². The molecule has 0 atom stereocenters. The van der Waals surface area contributed by atoms with Gasteiger partial charge in [0.2, 0.25) is 12.3 Å². The molecule has 25 heteroatoms. The third-order valence-corrected chi connectivity index (χ3v) is 11.9. The third-order valence-electron chi connectivity index (χ3n) is 11.6. The highest BCUT2D eigenvalue weighted by atomic mass is 35.5. The fourth-order valence-corrected chi connectivity index (χ4v) is 8.52. The highest BCUT2D eigenvalue weighted by Gasteiger charge is 2.52. The Morgan fingerprint density at radius 1 is 0.378 bits per heavy atom. The largest absolute Gasteiger partial charge is 0.294 e. The fourth-order valence-electron chi connectivity index (χ4n) is 8.33. The van der Waals surface area contributed by atoms with Gasteiger partial charge in [-0.25, -0.2) is 87.8 Å². The van der Waals surface area contributed by atoms with E-state index in [0.29, 0.717) is 16.1 Å². The van der Waals surface area contributed by atoms with Crippen LogP contribution in [0.5, 0.6) is 0 Å². The minimum Gasteiger partial charge on any atom is -0.294 e. The lowest BCUT2D eigenvalue weighted by molar-refractivity contribution is -0.688. The Kier molecular flexibility index (Phi) is 15.1. The summed E-state index contributed by atoms with van der Waals surface area (Å²) in [4.78, 5) is 25.7. The minimum atomic E-state index is -7.22. The van der Waals surface area contributed by atoms with Crippen molar-refractivity contribution in [2.45, 2.75) is 13.0 Å². The molecule has 8 aromatic rings. The number of aromatic nitrogens is 1. The topological polar surface area (TPSA) is 38.0 Å². The molecule has 0 N–H and O–H groups in total. The second kappa shape index (κ2) is 20.6. The van der Waals surface area contributed by atoms with Gasteiger partial charge in [0.1, 0.15) is 52.7 Å². The minimum absolute atomic E-state index is 0.00216. The second-order valence-electron chi connectivity index (χ2n) is 15.7. The van der Waals surface area contributed by atoms with E-state index in [-0.39, 0.29) is 24.5 Å². The number of hydrogen-bond acceptors (Lipinski definition) is 2. The predicted molar refractivity (Wildman–Crippen MR) is 224 cm³/mol. The first kappa shape index (κ1) is 54.0. The first-order valence-electron chi connectivity index (χ1n) is 20.3. The molecule has 7 aromatic carbocycles. The Morgan fingerprint density at radius 3 is 1.09 bits per heavy atom. The average molecular weight is 1080 g/mol. The molecule has 0 unspecified atom stereocenters. The van der Waals surface area contributed by atoms with E-state index in [4.69, 9.17) is 11.6 Å². The molecule has 3 nitrogen and oxygen atoms in total. The maximum absolute atomic E-state index is 15.4. The molecule has 0 amide bonds. The predicted octanol–water partition coefficient (Wildman–Crippen LogP) is 10.9. The van der Waals surface area contributed by atoms with Crippen LogP contribution in [0.15, 0.2) is 91.1 Å². The summed E-state index contributed by atoms with van der Waals surface area (Å²) < 4.78 is 296. The molecule has 8 rings (SSSR count). The van der Waals surface area contributed by atoms with E-state index in [1.807, 2.05) is 59.3 Å². The summed E-state index contributed by atoms with van der Waals surface area (Å²) in [6, 6.07) is 26.0. The average Bonchev–Trinajstić information content (AvgIpc) is 3.39. The fraction of sp³-hybridized carbons (Fsp3) is 0.0408. The maximum Gasteiger partial charge on any atom is 0.227 e. The number of fused-ring (bicyclic) bond motifs is 1. The van der Waals surface area contributed by atoms with Crippen molar-refractivity contribution in [2.75, 3.05) is 0 Å². The molecule has 0 saturated heterocycles. The molecule has 382 valence electrons. The Labute approximate surface area is 405 Å². The monoisotopic (exact) mass is 1080 g/mol. The van der Waals surface area contributed by atoms with Gasteiger partial charge >= 0.3 is 0 Å². The van der Waals surface area contributed by atoms with E-state index in [9.17, 15) is 62.3 Å². The summed E-state index contributed by atoms with van der Waals surface area (Å²) in [5, 5.41) is 2.52. The Morgan fingerprint density at radius 2 is 0.716 bits per heavy atom. The van der Waals surface area contributed by atoms with E-state index in [0.717, 1.165) is 16.5 Å². The zero-order valence-corrected chi connectivity index (χ0v) is 36.6. The van der Waals surface area contributed by atoms with Crippen LogP contribution < -0.4 is 26.4 Å². The zero-order valence-electron chi connectivity index (χ0n) is 35.9. The molecule has 0 radical (unpaired) electrons. The van der Waals surface area contributed by atoms with Gasteiger partial charge in [0.15, 0.2) is 87.5 Å². The number of ketones is 2. The Balaban J connectivity index is 0.000000237. The summed E-state index contributed by atoms with van der Waals surface area (Å²) in [6.07, 6.45) is -5.15. The summed E-state index contributed by atoms with van der Waals surface area (Å²) in [5.74, 6) is -71.4. The van der Waals surface area contributed by atoms with Crippen molar-refractivity contribution >= 4 is 61.9 Å². The van der Waals surface area contributed by atoms with Crippen molar-refractivity contribution in [3.05, 3.63) is 229 Å². The van der Waals surface area contributed by atoms with E-state index in [1.165, 1.54) is 0 Å². The van der Waals surface area contributed by atoms with E-state index >= 15 is 35.1 Å². The maximum atomic E-state index is 15.4. The van der Waals surface area contributed by atoms with Gasteiger partial charge in [-0.1, -0.05) is 72.3 Å². The van der Waals surface area contributed by atoms with Gasteiger partial charge < -0.3 is 0 Å². The third kappa shape index (κ3) is 8.87. The molecule has 0 saturated carbocycles. The molecule has 1 aromatic heterocycles. The molecule has 0 fully saturated rings. The number of halogens is 21. The standard InChI is InChI=1S/C25H19ClNO2.C24BF20/c26-21-11-6-10-20(15-21)24(28)16-23-22-12-5-4-7-18(22)13-14-27(23)17-25(29)19-8-2-1-3-9-19;26-5-1(6(27)14(35)21(42)13(5)34)25(2-7(28)15(36)22(43)16(37)8(2)29,3-9(30)17(38)23(44)18(39)10(3)31)4-11(32)19(40)24(45)20(41)12(4)33/h1-15H,16-17H2;/q+1;-1. The summed E-state index contributed by atoms with van der Waals surface area (Å²) in [7, 11) is 0. The van der Waals surface area contributed by atoms with Gasteiger partial charge in [0.05, 0.1) is 6.42 Å². The number of carbonyl (C=O) groups excluding carboxylic acids is 2. The summed E-state index contributed by atoms with van der Waals surface area (Å²) in [5.41, 5.74) is -12.3. The van der Waals surface area contributed by atoms with Gasteiger partial charge in [0, 0.05) is 27.6 Å². The molecule has 1 heterocycles. The van der Waals surface area contributed by atoms with Crippen LogP contribution in [0.25, 0.3) is 10.8 Å². The number of Topliss-reactive ketones (excluding diaryl/α,β-unsaturated/α-hetero) is 2. The lowest BCUT2D eigenvalue weighted by Crippen LogP contribution is -2.81. The van der Waals surface area contributed by atoms with Crippen molar-refractivity contribution in [1.82, 2.24) is 0 Å². The molecular formula is C49H19BClF20NO2. The van der Waals surface area contributed by atoms with Crippen LogP contribution in [0.4, 0.5) is 87.8 Å². The molecule has 74 heavy (non-hydrogen) atoms. The first-order chi connectivity index (χ1) is 34.8. The Hall–Kier alpha value is -7.76. The zero-order chi connectivity index (χ0) is 54.6. The summed E-state index contributed by atoms with van der Waals surface area (Å²) >= 11 is 6.05. The van der Waals surface area contributed by atoms with E-state index in [1.54, 1.807) is 36.4 Å². The van der Waals surface area contributed by atoms with Crippen molar-refractivity contribution in [3.63, 3.8) is 0 Å². The van der Waals surface area contributed by atoms with Crippen LogP contribution in [0.3, 0.4) is 0 Å². The molecule has 0 aliphatic heterocycles. The van der Waals surface area contributed by atoms with Crippen LogP contribution in [0.2, 0.25) is 5.02 Å². The molecule has 0 aliphatic carbocycles. The number of nitrogens with zero attached hydrogens (tertiary/aromatic N) is 1. The van der Waals surface area contributed by atoms with Crippen molar-refractivity contribution in [3.8, 4) is 0 Å². The van der Waals surface area contributed by atoms with Crippen molar-refractivity contribution in [2.24, 2.45) is 0 Å². The SMILES string of the molecule is Fc1c(F)c(F)c([B-](c2c(F)c(F)c(F)c(F)c2F)(c2c(F)c(F)c(F)c(F)c2F)c2c(F)c(F)c(F)c(F)c2F)c(F)c1F.O=C(Cc1c2ccccc2cc[n+]1CC(=O)c1ccccc1)c1cccc(Cl)c1. The van der Waals surface area contributed by atoms with Crippen LogP contribution in [0.1, 0.15) is 26.4 Å². The number of rotatable bonds is 10. The summed E-state index contributed by atoms with van der Waals surface area (Å²) in [6.45, 7) is 0.174. The second-order valence-corrected chi connectivity index (χ2v) is 16.1. The van der Waals surface area contributed by atoms with E-state index in [2.05, 4.69) is 0 Å². The van der Waals surface area contributed by atoms with Gasteiger partial charge in [-0.15, -0.1) is 21.9 Å².